The molecule has 5 nitrogen and oxygen atoms in total. The molecule has 1 aliphatic rings. The van der Waals surface area contributed by atoms with Gasteiger partial charge in [0, 0.05) is 19.6 Å². The van der Waals surface area contributed by atoms with Crippen molar-refractivity contribution in [2.45, 2.75) is 38.8 Å². The lowest BCUT2D eigenvalue weighted by molar-refractivity contribution is -0.130. The van der Waals surface area contributed by atoms with Crippen molar-refractivity contribution in [3.63, 3.8) is 0 Å². The molecule has 1 saturated heterocycles. The van der Waals surface area contributed by atoms with Gasteiger partial charge in [-0.1, -0.05) is 31.5 Å². The number of β-amino-alcohol motifs (C(OH)–C–C–N with tert-alkyl or cyclic N) is 1. The first kappa shape index (κ1) is 16.8. The molecule has 2 atom stereocenters. The topological polar surface area (TPSA) is 61.8 Å². The van der Waals surface area contributed by atoms with Crippen LogP contribution in [0.5, 0.6) is 5.75 Å². The van der Waals surface area contributed by atoms with E-state index < -0.39 is 6.10 Å². The van der Waals surface area contributed by atoms with Crippen LogP contribution in [-0.4, -0.2) is 54.3 Å². The summed E-state index contributed by atoms with van der Waals surface area (Å²) in [5.74, 6) is 0.864. The number of benzene rings is 1. The average molecular weight is 306 g/mol. The van der Waals surface area contributed by atoms with Gasteiger partial charge >= 0.3 is 0 Å². The van der Waals surface area contributed by atoms with Crippen LogP contribution in [0.15, 0.2) is 24.3 Å². The van der Waals surface area contributed by atoms with Crippen LogP contribution in [0, 0.1) is 6.92 Å². The van der Waals surface area contributed by atoms with Crippen LogP contribution < -0.4 is 10.1 Å². The maximum Gasteiger partial charge on any atom is 0.237 e. The maximum absolute atomic E-state index is 11.9. The molecule has 1 aromatic rings. The second-order valence-electron chi connectivity index (χ2n) is 5.82. The third-order valence-electron chi connectivity index (χ3n) is 3.97. The van der Waals surface area contributed by atoms with Gasteiger partial charge in [0.05, 0.1) is 6.04 Å². The molecule has 0 radical (unpaired) electrons. The van der Waals surface area contributed by atoms with E-state index in [1.54, 1.807) is 0 Å². The Hall–Kier alpha value is -1.59. The Morgan fingerprint density at radius 3 is 2.95 bits per heavy atom. The van der Waals surface area contributed by atoms with Crippen LogP contribution in [-0.2, 0) is 4.79 Å². The lowest BCUT2D eigenvalue weighted by atomic mass is 10.1. The molecule has 122 valence electrons. The van der Waals surface area contributed by atoms with Crippen LogP contribution >= 0.6 is 0 Å². The standard InChI is InChI=1S/C17H26N2O3/c1-3-6-15-17(21)18-9-10-19(15)11-14(20)12-22-16-8-5-4-7-13(16)2/h4-5,7-8,14-15,20H,3,6,9-12H2,1-2H3,(H,18,21). The zero-order chi connectivity index (χ0) is 15.9. The molecule has 1 aliphatic heterocycles. The van der Waals surface area contributed by atoms with Crippen molar-refractivity contribution in [3.05, 3.63) is 29.8 Å². The third-order valence-corrected chi connectivity index (χ3v) is 3.97. The van der Waals surface area contributed by atoms with Gasteiger partial charge in [-0.25, -0.2) is 0 Å². The molecule has 1 fully saturated rings. The van der Waals surface area contributed by atoms with Gasteiger partial charge in [-0.2, -0.15) is 0 Å². The zero-order valence-electron chi connectivity index (χ0n) is 13.4. The number of piperazine rings is 1. The molecule has 0 bridgehead atoms. The molecule has 2 rings (SSSR count). The summed E-state index contributed by atoms with van der Waals surface area (Å²) in [7, 11) is 0. The molecule has 0 aromatic heterocycles. The fraction of sp³-hybridized carbons (Fsp3) is 0.588. The summed E-state index contributed by atoms with van der Waals surface area (Å²) in [6.07, 6.45) is 1.16. The number of aliphatic hydroxyl groups is 1. The molecule has 0 aliphatic carbocycles. The lowest BCUT2D eigenvalue weighted by Gasteiger charge is -2.36. The first-order valence-corrected chi connectivity index (χ1v) is 8.00. The number of nitrogens with one attached hydrogen (secondary N) is 1. The summed E-state index contributed by atoms with van der Waals surface area (Å²) in [5.41, 5.74) is 1.05. The van der Waals surface area contributed by atoms with Crippen LogP contribution in [0.25, 0.3) is 0 Å². The fourth-order valence-corrected chi connectivity index (χ4v) is 2.80. The highest BCUT2D eigenvalue weighted by molar-refractivity contribution is 5.82. The number of para-hydroxylation sites is 1. The Morgan fingerprint density at radius 2 is 2.23 bits per heavy atom. The van der Waals surface area contributed by atoms with Crippen LogP contribution in [0.1, 0.15) is 25.3 Å². The third kappa shape index (κ3) is 4.45. The first-order valence-electron chi connectivity index (χ1n) is 8.00. The van der Waals surface area contributed by atoms with E-state index in [4.69, 9.17) is 4.74 Å². The normalized spacial score (nSPS) is 20.5. The number of amides is 1. The van der Waals surface area contributed by atoms with Crippen molar-refractivity contribution in [3.8, 4) is 5.75 Å². The van der Waals surface area contributed by atoms with E-state index in [9.17, 15) is 9.90 Å². The molecule has 0 spiro atoms. The van der Waals surface area contributed by atoms with Gasteiger partial charge in [0.1, 0.15) is 18.5 Å². The number of aryl methyl sites for hydroxylation is 1. The number of aliphatic hydroxyl groups excluding tert-OH is 1. The van der Waals surface area contributed by atoms with Crippen molar-refractivity contribution in [1.82, 2.24) is 10.2 Å². The highest BCUT2D eigenvalue weighted by atomic mass is 16.5. The van der Waals surface area contributed by atoms with Gasteiger partial charge in [0.2, 0.25) is 5.91 Å². The number of carbonyl (C=O) groups excluding carboxylic acids is 1. The van der Waals surface area contributed by atoms with E-state index in [1.807, 2.05) is 31.2 Å². The SMILES string of the molecule is CCCC1C(=O)NCCN1CC(O)COc1ccccc1C. The summed E-state index contributed by atoms with van der Waals surface area (Å²) in [6.45, 7) is 6.17. The van der Waals surface area contributed by atoms with Crippen molar-refractivity contribution in [2.24, 2.45) is 0 Å². The molecule has 2 N–H and O–H groups in total. The number of carbonyl (C=O) groups is 1. The number of rotatable bonds is 7. The van der Waals surface area contributed by atoms with E-state index in [0.29, 0.717) is 13.1 Å². The predicted octanol–water partition coefficient (Wildman–Crippen LogP) is 1.34. The minimum atomic E-state index is -0.607. The predicted molar refractivity (Wildman–Crippen MR) is 86.0 cm³/mol. The van der Waals surface area contributed by atoms with Crippen molar-refractivity contribution < 1.29 is 14.6 Å². The van der Waals surface area contributed by atoms with E-state index in [0.717, 1.165) is 30.7 Å². The molecule has 5 heteroatoms. The Morgan fingerprint density at radius 1 is 1.45 bits per heavy atom. The summed E-state index contributed by atoms with van der Waals surface area (Å²) < 4.78 is 5.68. The van der Waals surface area contributed by atoms with Crippen molar-refractivity contribution in [2.75, 3.05) is 26.2 Å². The van der Waals surface area contributed by atoms with E-state index >= 15 is 0 Å². The first-order chi connectivity index (χ1) is 10.6. The number of nitrogens with zero attached hydrogens (tertiary/aromatic N) is 1. The molecule has 1 heterocycles. The molecule has 1 aromatic carbocycles. The van der Waals surface area contributed by atoms with Crippen LogP contribution in [0.3, 0.4) is 0 Å². The minimum Gasteiger partial charge on any atom is -0.491 e. The summed E-state index contributed by atoms with van der Waals surface area (Å²) >= 11 is 0. The van der Waals surface area contributed by atoms with Crippen LogP contribution in [0.4, 0.5) is 0 Å². The summed E-state index contributed by atoms with van der Waals surface area (Å²) in [5, 5.41) is 13.1. The number of hydrogen-bond donors (Lipinski definition) is 2. The van der Waals surface area contributed by atoms with E-state index in [2.05, 4.69) is 17.1 Å². The molecule has 0 saturated carbocycles. The Kier molecular flexibility index (Phi) is 6.21. The largest absolute Gasteiger partial charge is 0.491 e. The smallest absolute Gasteiger partial charge is 0.237 e. The molecule has 2 unspecified atom stereocenters. The fourth-order valence-electron chi connectivity index (χ4n) is 2.80. The maximum atomic E-state index is 11.9. The average Bonchev–Trinajstić information content (AvgIpc) is 2.50. The number of ether oxygens (including phenoxy) is 1. The molecular weight excluding hydrogens is 280 g/mol. The molecule has 22 heavy (non-hydrogen) atoms. The number of hydrogen-bond acceptors (Lipinski definition) is 4. The molecular formula is C17H26N2O3. The quantitative estimate of drug-likeness (QED) is 0.798. The van der Waals surface area contributed by atoms with Gasteiger partial charge in [0.15, 0.2) is 0 Å². The second-order valence-corrected chi connectivity index (χ2v) is 5.82. The minimum absolute atomic E-state index is 0.0696. The van der Waals surface area contributed by atoms with E-state index in [1.165, 1.54) is 0 Å². The monoisotopic (exact) mass is 306 g/mol. The summed E-state index contributed by atoms with van der Waals surface area (Å²) in [4.78, 5) is 14.0. The van der Waals surface area contributed by atoms with Gasteiger partial charge in [-0.05, 0) is 25.0 Å². The van der Waals surface area contributed by atoms with Gasteiger partial charge in [-0.3, -0.25) is 9.69 Å². The van der Waals surface area contributed by atoms with Gasteiger partial charge in [0.25, 0.3) is 0 Å². The highest BCUT2D eigenvalue weighted by Gasteiger charge is 2.30. The zero-order valence-corrected chi connectivity index (χ0v) is 13.4. The van der Waals surface area contributed by atoms with E-state index in [-0.39, 0.29) is 18.6 Å². The van der Waals surface area contributed by atoms with Gasteiger partial charge in [-0.15, -0.1) is 0 Å². The Bertz CT molecular complexity index is 493. The Labute approximate surface area is 132 Å². The van der Waals surface area contributed by atoms with Gasteiger partial charge < -0.3 is 15.2 Å². The van der Waals surface area contributed by atoms with Crippen molar-refractivity contribution in [1.29, 1.82) is 0 Å². The highest BCUT2D eigenvalue weighted by Crippen LogP contribution is 2.17. The second kappa shape index (κ2) is 8.15. The Balaban J connectivity index is 1.86. The van der Waals surface area contributed by atoms with Crippen molar-refractivity contribution >= 4 is 5.91 Å². The molecule has 1 amide bonds. The van der Waals surface area contributed by atoms with Crippen LogP contribution in [0.2, 0.25) is 0 Å². The summed E-state index contributed by atoms with van der Waals surface area (Å²) in [6, 6.07) is 7.62. The lowest BCUT2D eigenvalue weighted by Crippen LogP contribution is -2.57.